The molecular weight excluding hydrogens is 212 g/mol. The van der Waals surface area contributed by atoms with Crippen molar-refractivity contribution in [2.24, 2.45) is 5.92 Å². The number of carbonyl (C=O) groups is 2. The summed E-state index contributed by atoms with van der Waals surface area (Å²) in [6.45, 7) is 1.49. The van der Waals surface area contributed by atoms with Crippen LogP contribution in [0.5, 0.6) is 0 Å². The second kappa shape index (κ2) is 4.02. The van der Waals surface area contributed by atoms with Crippen LogP contribution in [0.2, 0.25) is 0 Å². The Kier molecular flexibility index (Phi) is 2.73. The third kappa shape index (κ3) is 1.87. The molecule has 1 fully saturated rings. The average molecular weight is 224 g/mol. The summed E-state index contributed by atoms with van der Waals surface area (Å²) in [6.07, 6.45) is 0.851. The summed E-state index contributed by atoms with van der Waals surface area (Å²) in [4.78, 5) is 24.6. The maximum atomic E-state index is 11.2. The molecule has 1 aliphatic heterocycles. The normalized spacial score (nSPS) is 15.9. The Labute approximate surface area is 91.9 Å². The van der Waals surface area contributed by atoms with Crippen molar-refractivity contribution in [2.45, 2.75) is 0 Å². The SMILES string of the molecule is CNC(=O)C1CN(c2csc(C=O)c2)C1. The highest BCUT2D eigenvalue weighted by atomic mass is 32.1. The number of hydrogen-bond donors (Lipinski definition) is 1. The van der Waals surface area contributed by atoms with Gasteiger partial charge in [0.05, 0.1) is 10.8 Å². The van der Waals surface area contributed by atoms with Crippen molar-refractivity contribution >= 4 is 29.2 Å². The quantitative estimate of drug-likeness (QED) is 0.770. The molecule has 1 aromatic rings. The van der Waals surface area contributed by atoms with Crippen molar-refractivity contribution in [3.05, 3.63) is 16.3 Å². The van der Waals surface area contributed by atoms with Gasteiger partial charge in [0.25, 0.3) is 0 Å². The second-order valence-corrected chi connectivity index (χ2v) is 4.48. The highest BCUT2D eigenvalue weighted by Crippen LogP contribution is 2.28. The predicted octanol–water partition coefficient (Wildman–Crippen LogP) is 0.743. The molecule has 0 atom stereocenters. The third-order valence-electron chi connectivity index (χ3n) is 2.59. The van der Waals surface area contributed by atoms with Crippen molar-refractivity contribution in [1.82, 2.24) is 5.32 Å². The molecule has 1 saturated heterocycles. The topological polar surface area (TPSA) is 49.4 Å². The van der Waals surface area contributed by atoms with Gasteiger partial charge in [0.1, 0.15) is 0 Å². The molecule has 0 radical (unpaired) electrons. The lowest BCUT2D eigenvalue weighted by molar-refractivity contribution is -0.125. The minimum absolute atomic E-state index is 0.0922. The van der Waals surface area contributed by atoms with Gasteiger partial charge < -0.3 is 10.2 Å². The predicted molar refractivity (Wildman–Crippen MR) is 59.5 cm³/mol. The Hall–Kier alpha value is -1.36. The molecule has 0 aliphatic carbocycles. The number of amides is 1. The highest BCUT2D eigenvalue weighted by Gasteiger charge is 2.32. The van der Waals surface area contributed by atoms with Crippen LogP contribution in [0.1, 0.15) is 9.67 Å². The van der Waals surface area contributed by atoms with E-state index in [0.717, 1.165) is 29.9 Å². The molecule has 0 saturated carbocycles. The zero-order valence-corrected chi connectivity index (χ0v) is 9.21. The van der Waals surface area contributed by atoms with Gasteiger partial charge in [-0.2, -0.15) is 0 Å². The molecule has 0 aromatic carbocycles. The van der Waals surface area contributed by atoms with Crippen molar-refractivity contribution in [1.29, 1.82) is 0 Å². The molecule has 0 bridgehead atoms. The van der Waals surface area contributed by atoms with E-state index in [-0.39, 0.29) is 11.8 Å². The second-order valence-electron chi connectivity index (χ2n) is 3.54. The fourth-order valence-electron chi connectivity index (χ4n) is 1.63. The van der Waals surface area contributed by atoms with Gasteiger partial charge >= 0.3 is 0 Å². The summed E-state index contributed by atoms with van der Waals surface area (Å²) < 4.78 is 0. The molecule has 2 rings (SSSR count). The largest absolute Gasteiger partial charge is 0.369 e. The van der Waals surface area contributed by atoms with Crippen molar-refractivity contribution in [2.75, 3.05) is 25.0 Å². The van der Waals surface area contributed by atoms with Crippen molar-refractivity contribution < 1.29 is 9.59 Å². The van der Waals surface area contributed by atoms with E-state index >= 15 is 0 Å². The first-order valence-corrected chi connectivity index (χ1v) is 5.63. The van der Waals surface area contributed by atoms with Gasteiger partial charge in [-0.1, -0.05) is 0 Å². The number of rotatable bonds is 3. The van der Waals surface area contributed by atoms with Gasteiger partial charge in [-0.25, -0.2) is 0 Å². The molecule has 15 heavy (non-hydrogen) atoms. The van der Waals surface area contributed by atoms with Crippen LogP contribution in [0.25, 0.3) is 0 Å². The first-order valence-electron chi connectivity index (χ1n) is 4.75. The summed E-state index contributed by atoms with van der Waals surface area (Å²) in [5.41, 5.74) is 1.04. The number of nitrogens with one attached hydrogen (secondary N) is 1. The Morgan fingerprint density at radius 2 is 2.40 bits per heavy atom. The van der Waals surface area contributed by atoms with E-state index in [0.29, 0.717) is 0 Å². The summed E-state index contributed by atoms with van der Waals surface area (Å²) in [7, 11) is 1.65. The Bertz CT molecular complexity index is 383. The Balaban J connectivity index is 1.94. The number of carbonyl (C=O) groups excluding carboxylic acids is 2. The van der Waals surface area contributed by atoms with Gasteiger partial charge in [-0.15, -0.1) is 11.3 Å². The molecular formula is C10H12N2O2S. The van der Waals surface area contributed by atoms with E-state index in [1.54, 1.807) is 7.05 Å². The van der Waals surface area contributed by atoms with Gasteiger partial charge in [0, 0.05) is 31.2 Å². The van der Waals surface area contributed by atoms with Crippen molar-refractivity contribution in [3.8, 4) is 0 Å². The van der Waals surface area contributed by atoms with E-state index in [9.17, 15) is 9.59 Å². The van der Waals surface area contributed by atoms with Gasteiger partial charge in [-0.05, 0) is 6.07 Å². The number of hydrogen-bond acceptors (Lipinski definition) is 4. The zero-order valence-electron chi connectivity index (χ0n) is 8.40. The van der Waals surface area contributed by atoms with Crippen LogP contribution in [0.4, 0.5) is 5.69 Å². The first kappa shape index (κ1) is 10.2. The van der Waals surface area contributed by atoms with E-state index < -0.39 is 0 Å². The number of anilines is 1. The van der Waals surface area contributed by atoms with Crippen LogP contribution in [-0.2, 0) is 4.79 Å². The monoisotopic (exact) mass is 224 g/mol. The molecule has 1 N–H and O–H groups in total. The van der Waals surface area contributed by atoms with Crippen LogP contribution in [0, 0.1) is 5.92 Å². The lowest BCUT2D eigenvalue weighted by Gasteiger charge is -2.39. The Morgan fingerprint density at radius 3 is 2.93 bits per heavy atom. The van der Waals surface area contributed by atoms with E-state index in [1.165, 1.54) is 11.3 Å². The van der Waals surface area contributed by atoms with Gasteiger partial charge in [-0.3, -0.25) is 9.59 Å². The fourth-order valence-corrected chi connectivity index (χ4v) is 2.35. The summed E-state index contributed by atoms with van der Waals surface area (Å²) in [5, 5.41) is 4.58. The van der Waals surface area contributed by atoms with E-state index in [4.69, 9.17) is 0 Å². The van der Waals surface area contributed by atoms with Crippen molar-refractivity contribution in [3.63, 3.8) is 0 Å². The van der Waals surface area contributed by atoms with E-state index in [2.05, 4.69) is 10.2 Å². The fraction of sp³-hybridized carbons (Fsp3) is 0.400. The number of nitrogens with zero attached hydrogens (tertiary/aromatic N) is 1. The molecule has 0 spiro atoms. The number of thiophene rings is 1. The summed E-state index contributed by atoms with van der Waals surface area (Å²) >= 11 is 1.43. The smallest absolute Gasteiger partial charge is 0.226 e. The molecule has 4 nitrogen and oxygen atoms in total. The Morgan fingerprint density at radius 1 is 1.67 bits per heavy atom. The molecule has 2 heterocycles. The third-order valence-corrected chi connectivity index (χ3v) is 3.43. The molecule has 1 aliphatic rings. The minimum Gasteiger partial charge on any atom is -0.369 e. The molecule has 1 amide bonds. The first-order chi connectivity index (χ1) is 7.24. The highest BCUT2D eigenvalue weighted by molar-refractivity contribution is 7.12. The lowest BCUT2D eigenvalue weighted by atomic mass is 9.99. The van der Waals surface area contributed by atoms with Gasteiger partial charge in [0.2, 0.25) is 5.91 Å². The van der Waals surface area contributed by atoms with Gasteiger partial charge in [0.15, 0.2) is 6.29 Å². The van der Waals surface area contributed by atoms with Crippen LogP contribution in [-0.4, -0.2) is 32.3 Å². The minimum atomic E-state index is 0.0922. The average Bonchev–Trinajstić information content (AvgIpc) is 2.63. The number of aldehydes is 1. The molecule has 0 unspecified atom stereocenters. The van der Waals surface area contributed by atoms with E-state index in [1.807, 2.05) is 11.4 Å². The van der Waals surface area contributed by atoms with Crippen LogP contribution < -0.4 is 10.2 Å². The van der Waals surface area contributed by atoms with Crippen LogP contribution >= 0.6 is 11.3 Å². The lowest BCUT2D eigenvalue weighted by Crippen LogP contribution is -2.53. The molecule has 1 aromatic heterocycles. The maximum absolute atomic E-state index is 11.2. The standard InChI is InChI=1S/C10H12N2O2S/c1-11-10(14)7-3-12(4-7)8-2-9(5-13)15-6-8/h2,5-7H,3-4H2,1H3,(H,11,14). The molecule has 5 heteroatoms. The summed E-state index contributed by atoms with van der Waals surface area (Å²) in [6, 6.07) is 1.86. The summed E-state index contributed by atoms with van der Waals surface area (Å²) in [5.74, 6) is 0.187. The zero-order chi connectivity index (χ0) is 10.8. The molecule has 80 valence electrons. The van der Waals surface area contributed by atoms with Crippen LogP contribution in [0.3, 0.4) is 0 Å². The van der Waals surface area contributed by atoms with Crippen LogP contribution in [0.15, 0.2) is 11.4 Å². The maximum Gasteiger partial charge on any atom is 0.226 e.